The second-order valence-electron chi connectivity index (χ2n) is 4.01. The zero-order chi connectivity index (χ0) is 13.8. The molecule has 19 heavy (non-hydrogen) atoms. The summed E-state index contributed by atoms with van der Waals surface area (Å²) in [5.41, 5.74) is 1.20. The average molecular weight is 295 g/mol. The number of rotatable bonds is 4. The van der Waals surface area contributed by atoms with Crippen molar-refractivity contribution >= 4 is 29.0 Å². The summed E-state index contributed by atoms with van der Waals surface area (Å²) in [7, 11) is 1.48. The van der Waals surface area contributed by atoms with E-state index < -0.39 is 6.10 Å². The van der Waals surface area contributed by atoms with Gasteiger partial charge in [0, 0.05) is 28.3 Å². The Morgan fingerprint density at radius 3 is 2.37 bits per heavy atom. The van der Waals surface area contributed by atoms with Crippen LogP contribution < -0.4 is 0 Å². The fourth-order valence-corrected chi connectivity index (χ4v) is 2.35. The number of hydrogen-bond acceptors (Lipinski definition) is 2. The van der Waals surface area contributed by atoms with Gasteiger partial charge in [-0.05, 0) is 12.1 Å². The molecule has 0 fully saturated rings. The Morgan fingerprint density at radius 2 is 1.79 bits per heavy atom. The maximum absolute atomic E-state index is 12.4. The number of Topliss-reactive ketones (excluding diaryl/α,β-unsaturated/α-hetero) is 1. The number of carbonyl (C=O) groups is 1. The fraction of sp³-hybridized carbons (Fsp3) is 0.133. The summed E-state index contributed by atoms with van der Waals surface area (Å²) >= 11 is 12.0. The van der Waals surface area contributed by atoms with Gasteiger partial charge in [0.2, 0.25) is 0 Å². The standard InChI is InChI=1S/C15H12Cl2O2/c1-19-15(12-8-7-11(16)9-13(12)17)14(18)10-5-3-2-4-6-10/h2-9,15H,1H3. The van der Waals surface area contributed by atoms with Crippen LogP contribution in [0.3, 0.4) is 0 Å². The molecule has 1 unspecified atom stereocenters. The van der Waals surface area contributed by atoms with Crippen LogP contribution in [0.4, 0.5) is 0 Å². The van der Waals surface area contributed by atoms with Crippen LogP contribution >= 0.6 is 23.2 Å². The first kappa shape index (κ1) is 14.1. The largest absolute Gasteiger partial charge is 0.368 e. The number of benzene rings is 2. The van der Waals surface area contributed by atoms with Crippen molar-refractivity contribution in [3.05, 3.63) is 69.7 Å². The summed E-state index contributed by atoms with van der Waals surface area (Å²) in [5.74, 6) is -0.132. The van der Waals surface area contributed by atoms with Crippen LogP contribution in [0, 0.1) is 0 Å². The van der Waals surface area contributed by atoms with E-state index in [4.69, 9.17) is 27.9 Å². The van der Waals surface area contributed by atoms with E-state index in [1.165, 1.54) is 7.11 Å². The molecular formula is C15H12Cl2O2. The Hall–Kier alpha value is -1.35. The lowest BCUT2D eigenvalue weighted by Crippen LogP contribution is -2.15. The molecule has 0 aliphatic heterocycles. The molecule has 0 saturated carbocycles. The molecule has 0 aliphatic rings. The zero-order valence-electron chi connectivity index (χ0n) is 10.3. The molecule has 0 N–H and O–H groups in total. The molecule has 2 nitrogen and oxygen atoms in total. The lowest BCUT2D eigenvalue weighted by atomic mass is 10.00. The van der Waals surface area contributed by atoms with Gasteiger partial charge in [0.15, 0.2) is 5.78 Å². The molecule has 98 valence electrons. The van der Waals surface area contributed by atoms with Crippen molar-refractivity contribution in [2.75, 3.05) is 7.11 Å². The Balaban J connectivity index is 2.37. The van der Waals surface area contributed by atoms with Gasteiger partial charge in [-0.1, -0.05) is 59.6 Å². The SMILES string of the molecule is COC(C(=O)c1ccccc1)c1ccc(Cl)cc1Cl. The molecule has 0 amide bonds. The van der Waals surface area contributed by atoms with Crippen molar-refractivity contribution in [1.82, 2.24) is 0 Å². The average Bonchev–Trinajstić information content (AvgIpc) is 2.42. The fourth-order valence-electron chi connectivity index (χ4n) is 1.84. The zero-order valence-corrected chi connectivity index (χ0v) is 11.8. The second kappa shape index (κ2) is 6.20. The number of methoxy groups -OCH3 is 1. The van der Waals surface area contributed by atoms with Gasteiger partial charge >= 0.3 is 0 Å². The predicted octanol–water partition coefficient (Wildman–Crippen LogP) is 4.56. The highest BCUT2D eigenvalue weighted by molar-refractivity contribution is 6.35. The number of halogens is 2. The summed E-state index contributed by atoms with van der Waals surface area (Å²) in [4.78, 5) is 12.4. The maximum atomic E-state index is 12.4. The Bertz CT molecular complexity index is 582. The van der Waals surface area contributed by atoms with Gasteiger partial charge in [-0.25, -0.2) is 0 Å². The first-order valence-electron chi connectivity index (χ1n) is 5.70. The molecule has 2 rings (SSSR count). The highest BCUT2D eigenvalue weighted by Crippen LogP contribution is 2.30. The van der Waals surface area contributed by atoms with E-state index in [1.807, 2.05) is 18.2 Å². The van der Waals surface area contributed by atoms with Crippen molar-refractivity contribution in [2.45, 2.75) is 6.10 Å². The smallest absolute Gasteiger partial charge is 0.196 e. The van der Waals surface area contributed by atoms with Crippen LogP contribution in [-0.4, -0.2) is 12.9 Å². The third-order valence-corrected chi connectivity index (χ3v) is 3.34. The molecule has 2 aromatic carbocycles. The van der Waals surface area contributed by atoms with E-state index in [9.17, 15) is 4.79 Å². The third kappa shape index (κ3) is 3.16. The Labute approximate surface area is 121 Å². The minimum Gasteiger partial charge on any atom is -0.368 e. The van der Waals surface area contributed by atoms with Crippen LogP contribution in [0.25, 0.3) is 0 Å². The Kier molecular flexibility index (Phi) is 4.59. The number of ether oxygens (including phenoxy) is 1. The lowest BCUT2D eigenvalue weighted by molar-refractivity contribution is 0.0604. The molecule has 0 spiro atoms. The predicted molar refractivity (Wildman–Crippen MR) is 77.0 cm³/mol. The summed E-state index contributed by atoms with van der Waals surface area (Å²) in [6, 6.07) is 14.0. The highest BCUT2D eigenvalue weighted by atomic mass is 35.5. The molecule has 0 radical (unpaired) electrons. The number of hydrogen-bond donors (Lipinski definition) is 0. The van der Waals surface area contributed by atoms with Crippen LogP contribution in [0.1, 0.15) is 22.0 Å². The summed E-state index contributed by atoms with van der Waals surface area (Å²) in [6.45, 7) is 0. The Morgan fingerprint density at radius 1 is 1.11 bits per heavy atom. The van der Waals surface area contributed by atoms with E-state index >= 15 is 0 Å². The quantitative estimate of drug-likeness (QED) is 0.773. The first-order valence-corrected chi connectivity index (χ1v) is 6.46. The lowest BCUT2D eigenvalue weighted by Gasteiger charge is -2.16. The van der Waals surface area contributed by atoms with Crippen LogP contribution in [0.2, 0.25) is 10.0 Å². The minimum absolute atomic E-state index is 0.132. The van der Waals surface area contributed by atoms with Gasteiger partial charge in [-0.15, -0.1) is 0 Å². The van der Waals surface area contributed by atoms with Gasteiger partial charge in [0.05, 0.1) is 0 Å². The number of carbonyl (C=O) groups excluding carboxylic acids is 1. The van der Waals surface area contributed by atoms with Crippen LogP contribution in [0.15, 0.2) is 48.5 Å². The van der Waals surface area contributed by atoms with Crippen molar-refractivity contribution in [2.24, 2.45) is 0 Å². The van der Waals surface area contributed by atoms with E-state index in [-0.39, 0.29) is 5.78 Å². The molecule has 1 atom stereocenters. The first-order chi connectivity index (χ1) is 9.13. The molecule has 4 heteroatoms. The van der Waals surface area contributed by atoms with Crippen molar-refractivity contribution < 1.29 is 9.53 Å². The van der Waals surface area contributed by atoms with Crippen molar-refractivity contribution in [3.8, 4) is 0 Å². The maximum Gasteiger partial charge on any atom is 0.196 e. The molecular weight excluding hydrogens is 283 g/mol. The summed E-state index contributed by atoms with van der Waals surface area (Å²) in [5, 5.41) is 0.944. The van der Waals surface area contributed by atoms with Crippen LogP contribution in [0.5, 0.6) is 0 Å². The van der Waals surface area contributed by atoms with Crippen molar-refractivity contribution in [1.29, 1.82) is 0 Å². The molecule has 0 aliphatic carbocycles. The van der Waals surface area contributed by atoms with Crippen molar-refractivity contribution in [3.63, 3.8) is 0 Å². The summed E-state index contributed by atoms with van der Waals surface area (Å²) < 4.78 is 5.30. The molecule has 0 aromatic heterocycles. The minimum atomic E-state index is -0.729. The van der Waals surface area contributed by atoms with E-state index in [2.05, 4.69) is 0 Å². The van der Waals surface area contributed by atoms with Gasteiger partial charge in [-0.2, -0.15) is 0 Å². The summed E-state index contributed by atoms with van der Waals surface area (Å²) in [6.07, 6.45) is -0.729. The van der Waals surface area contributed by atoms with Gasteiger partial charge in [0.1, 0.15) is 6.10 Å². The third-order valence-electron chi connectivity index (χ3n) is 2.78. The molecule has 0 saturated heterocycles. The second-order valence-corrected chi connectivity index (χ2v) is 4.86. The highest BCUT2D eigenvalue weighted by Gasteiger charge is 2.23. The number of ketones is 1. The molecule has 0 heterocycles. The van der Waals surface area contributed by atoms with Gasteiger partial charge < -0.3 is 4.74 Å². The topological polar surface area (TPSA) is 26.3 Å². The monoisotopic (exact) mass is 294 g/mol. The van der Waals surface area contributed by atoms with Gasteiger partial charge in [0.25, 0.3) is 0 Å². The van der Waals surface area contributed by atoms with Crippen LogP contribution in [-0.2, 0) is 4.74 Å². The van der Waals surface area contributed by atoms with E-state index in [0.29, 0.717) is 21.2 Å². The van der Waals surface area contributed by atoms with E-state index in [1.54, 1.807) is 30.3 Å². The normalized spacial score (nSPS) is 12.2. The molecule has 0 bridgehead atoms. The van der Waals surface area contributed by atoms with E-state index in [0.717, 1.165) is 0 Å². The van der Waals surface area contributed by atoms with Gasteiger partial charge in [-0.3, -0.25) is 4.79 Å². The molecule has 2 aromatic rings.